The molecule has 2 rings (SSSR count). The Kier molecular flexibility index (Phi) is 5.03. The van der Waals surface area contributed by atoms with E-state index < -0.39 is 11.6 Å². The fourth-order valence-electron chi connectivity index (χ4n) is 1.60. The number of rotatable bonds is 5. The van der Waals surface area contributed by atoms with Gasteiger partial charge in [0.1, 0.15) is 17.4 Å². The van der Waals surface area contributed by atoms with E-state index in [1.54, 1.807) is 6.07 Å². The summed E-state index contributed by atoms with van der Waals surface area (Å²) in [7, 11) is 0. The summed E-state index contributed by atoms with van der Waals surface area (Å²) in [4.78, 5) is 3.91. The SMILES string of the molecule is CCNCc1cc(F)cnc1Oc1ccc(Br)c(F)c1. The first-order chi connectivity index (χ1) is 9.60. The van der Waals surface area contributed by atoms with Gasteiger partial charge in [0.2, 0.25) is 5.88 Å². The zero-order valence-corrected chi connectivity index (χ0v) is 12.4. The number of nitrogens with one attached hydrogen (secondary N) is 1. The molecular formula is C14H13BrF2N2O. The van der Waals surface area contributed by atoms with Gasteiger partial charge in [0.15, 0.2) is 0 Å². The quantitative estimate of drug-likeness (QED) is 0.890. The number of hydrogen-bond acceptors (Lipinski definition) is 3. The highest BCUT2D eigenvalue weighted by molar-refractivity contribution is 9.10. The standard InChI is InChI=1S/C14H13BrF2N2O/c1-2-18-7-9-5-10(16)8-19-14(9)20-11-3-4-12(15)13(17)6-11/h3-6,8,18H,2,7H2,1H3. The topological polar surface area (TPSA) is 34.2 Å². The van der Waals surface area contributed by atoms with E-state index in [-0.39, 0.29) is 5.88 Å². The molecule has 3 nitrogen and oxygen atoms in total. The molecule has 0 saturated heterocycles. The first-order valence-corrected chi connectivity index (χ1v) is 6.87. The maximum atomic E-state index is 13.4. The summed E-state index contributed by atoms with van der Waals surface area (Å²) >= 11 is 3.07. The molecule has 106 valence electrons. The summed E-state index contributed by atoms with van der Waals surface area (Å²) in [6.07, 6.45) is 1.07. The number of hydrogen-bond donors (Lipinski definition) is 1. The van der Waals surface area contributed by atoms with Crippen molar-refractivity contribution in [3.05, 3.63) is 52.1 Å². The summed E-state index contributed by atoms with van der Waals surface area (Å²) in [5, 5.41) is 3.07. The lowest BCUT2D eigenvalue weighted by atomic mass is 10.2. The Labute approximate surface area is 124 Å². The van der Waals surface area contributed by atoms with Crippen LogP contribution in [0.25, 0.3) is 0 Å². The van der Waals surface area contributed by atoms with Gasteiger partial charge >= 0.3 is 0 Å². The van der Waals surface area contributed by atoms with E-state index in [1.807, 2.05) is 6.92 Å². The molecule has 1 aromatic heterocycles. The Morgan fingerprint density at radius 2 is 2.10 bits per heavy atom. The van der Waals surface area contributed by atoms with Gasteiger partial charge in [-0.15, -0.1) is 0 Å². The molecule has 0 aliphatic heterocycles. The van der Waals surface area contributed by atoms with Gasteiger partial charge in [-0.25, -0.2) is 13.8 Å². The van der Waals surface area contributed by atoms with Crippen LogP contribution in [0, 0.1) is 11.6 Å². The third kappa shape index (κ3) is 3.74. The Morgan fingerprint density at radius 3 is 2.80 bits per heavy atom. The van der Waals surface area contributed by atoms with Crippen LogP contribution in [0.15, 0.2) is 34.9 Å². The maximum Gasteiger partial charge on any atom is 0.223 e. The molecule has 1 N–H and O–H groups in total. The van der Waals surface area contributed by atoms with Crippen LogP contribution in [0.4, 0.5) is 8.78 Å². The molecule has 0 radical (unpaired) electrons. The van der Waals surface area contributed by atoms with E-state index in [9.17, 15) is 8.78 Å². The maximum absolute atomic E-state index is 13.4. The Morgan fingerprint density at radius 1 is 1.30 bits per heavy atom. The number of benzene rings is 1. The smallest absolute Gasteiger partial charge is 0.223 e. The third-order valence-corrected chi connectivity index (χ3v) is 3.21. The second-order valence-electron chi connectivity index (χ2n) is 4.08. The van der Waals surface area contributed by atoms with Gasteiger partial charge in [-0.2, -0.15) is 0 Å². The van der Waals surface area contributed by atoms with Crippen molar-refractivity contribution in [1.29, 1.82) is 0 Å². The summed E-state index contributed by atoms with van der Waals surface area (Å²) < 4.78 is 32.5. The fourth-order valence-corrected chi connectivity index (χ4v) is 1.85. The number of ether oxygens (including phenoxy) is 1. The van der Waals surface area contributed by atoms with Crippen molar-refractivity contribution in [3.8, 4) is 11.6 Å². The fraction of sp³-hybridized carbons (Fsp3) is 0.214. The number of pyridine rings is 1. The van der Waals surface area contributed by atoms with E-state index in [2.05, 4.69) is 26.2 Å². The molecule has 20 heavy (non-hydrogen) atoms. The molecule has 0 spiro atoms. The average molecular weight is 343 g/mol. The van der Waals surface area contributed by atoms with Gasteiger partial charge in [0, 0.05) is 18.2 Å². The van der Waals surface area contributed by atoms with Gasteiger partial charge in [-0.05, 0) is 40.7 Å². The predicted octanol–water partition coefficient (Wildman–Crippen LogP) is 4.02. The summed E-state index contributed by atoms with van der Waals surface area (Å²) in [6, 6.07) is 5.74. The summed E-state index contributed by atoms with van der Waals surface area (Å²) in [6.45, 7) is 3.11. The zero-order chi connectivity index (χ0) is 14.5. The lowest BCUT2D eigenvalue weighted by Crippen LogP contribution is -2.13. The minimum atomic E-state index is -0.438. The normalized spacial score (nSPS) is 10.6. The number of nitrogens with zero attached hydrogens (tertiary/aromatic N) is 1. The van der Waals surface area contributed by atoms with Crippen LogP contribution in [0.1, 0.15) is 12.5 Å². The monoisotopic (exact) mass is 342 g/mol. The zero-order valence-electron chi connectivity index (χ0n) is 10.8. The predicted molar refractivity (Wildman–Crippen MR) is 75.7 cm³/mol. The number of halogens is 3. The Bertz CT molecular complexity index is 608. The second-order valence-corrected chi connectivity index (χ2v) is 4.93. The van der Waals surface area contributed by atoms with E-state index in [1.165, 1.54) is 18.2 Å². The van der Waals surface area contributed by atoms with Crippen molar-refractivity contribution in [3.63, 3.8) is 0 Å². The van der Waals surface area contributed by atoms with Crippen molar-refractivity contribution in [2.45, 2.75) is 13.5 Å². The molecule has 0 unspecified atom stereocenters. The van der Waals surface area contributed by atoms with E-state index in [0.717, 1.165) is 12.7 Å². The van der Waals surface area contributed by atoms with Crippen LogP contribution in [0.2, 0.25) is 0 Å². The Hall–Kier alpha value is -1.53. The van der Waals surface area contributed by atoms with E-state index >= 15 is 0 Å². The minimum Gasteiger partial charge on any atom is -0.439 e. The van der Waals surface area contributed by atoms with Crippen LogP contribution in [0.5, 0.6) is 11.6 Å². The average Bonchev–Trinajstić information content (AvgIpc) is 2.43. The Balaban J connectivity index is 2.25. The molecular weight excluding hydrogens is 330 g/mol. The minimum absolute atomic E-state index is 0.258. The van der Waals surface area contributed by atoms with Gasteiger partial charge in [-0.1, -0.05) is 6.92 Å². The van der Waals surface area contributed by atoms with Crippen LogP contribution < -0.4 is 10.1 Å². The van der Waals surface area contributed by atoms with Crippen LogP contribution in [-0.2, 0) is 6.54 Å². The van der Waals surface area contributed by atoms with Crippen molar-refractivity contribution >= 4 is 15.9 Å². The molecule has 6 heteroatoms. The van der Waals surface area contributed by atoms with Gasteiger partial charge < -0.3 is 10.1 Å². The van der Waals surface area contributed by atoms with Crippen molar-refractivity contribution in [1.82, 2.24) is 10.3 Å². The number of aromatic nitrogens is 1. The van der Waals surface area contributed by atoms with Crippen molar-refractivity contribution < 1.29 is 13.5 Å². The second kappa shape index (κ2) is 6.76. The van der Waals surface area contributed by atoms with Gasteiger partial charge in [-0.3, -0.25) is 0 Å². The molecule has 0 atom stereocenters. The lowest BCUT2D eigenvalue weighted by molar-refractivity contribution is 0.444. The highest BCUT2D eigenvalue weighted by Crippen LogP contribution is 2.27. The van der Waals surface area contributed by atoms with Gasteiger partial charge in [0.05, 0.1) is 10.7 Å². The van der Waals surface area contributed by atoms with Crippen molar-refractivity contribution in [2.24, 2.45) is 0 Å². The highest BCUT2D eigenvalue weighted by atomic mass is 79.9. The van der Waals surface area contributed by atoms with Crippen LogP contribution in [0.3, 0.4) is 0 Å². The van der Waals surface area contributed by atoms with E-state index in [0.29, 0.717) is 22.3 Å². The lowest BCUT2D eigenvalue weighted by Gasteiger charge is -2.10. The third-order valence-electron chi connectivity index (χ3n) is 2.56. The molecule has 0 fully saturated rings. The molecule has 0 aliphatic carbocycles. The highest BCUT2D eigenvalue weighted by Gasteiger charge is 2.09. The first-order valence-electron chi connectivity index (χ1n) is 6.08. The molecule has 0 amide bonds. The molecule has 0 saturated carbocycles. The molecule has 1 heterocycles. The van der Waals surface area contributed by atoms with Crippen LogP contribution in [-0.4, -0.2) is 11.5 Å². The first kappa shape index (κ1) is 14.9. The van der Waals surface area contributed by atoms with Gasteiger partial charge in [0.25, 0.3) is 0 Å². The molecule has 0 bridgehead atoms. The summed E-state index contributed by atoms with van der Waals surface area (Å²) in [5.74, 6) is -0.304. The van der Waals surface area contributed by atoms with Crippen LogP contribution >= 0.6 is 15.9 Å². The molecule has 0 aliphatic rings. The summed E-state index contributed by atoms with van der Waals surface area (Å²) in [5.41, 5.74) is 0.579. The van der Waals surface area contributed by atoms with Crippen molar-refractivity contribution in [2.75, 3.05) is 6.54 Å². The van der Waals surface area contributed by atoms with E-state index in [4.69, 9.17) is 4.74 Å². The largest absolute Gasteiger partial charge is 0.439 e. The molecule has 2 aromatic rings. The molecule has 1 aromatic carbocycles.